The summed E-state index contributed by atoms with van der Waals surface area (Å²) in [7, 11) is 3.13. The number of methoxy groups -OCH3 is 1. The third-order valence-corrected chi connectivity index (χ3v) is 5.29. The van der Waals surface area contributed by atoms with Gasteiger partial charge >= 0.3 is 5.97 Å². The average Bonchev–Trinajstić information content (AvgIpc) is 2.91. The second-order valence-corrected chi connectivity index (χ2v) is 6.59. The lowest BCUT2D eigenvalue weighted by atomic mass is 9.65. The Labute approximate surface area is 152 Å². The van der Waals surface area contributed by atoms with Gasteiger partial charge in [-0.15, -0.1) is 0 Å². The zero-order valence-corrected chi connectivity index (χ0v) is 14.7. The predicted octanol–water partition coefficient (Wildman–Crippen LogP) is 3.35. The lowest BCUT2D eigenvalue weighted by molar-refractivity contribution is -0.135. The monoisotopic (exact) mass is 345 g/mol. The van der Waals surface area contributed by atoms with E-state index in [0.29, 0.717) is 5.57 Å². The summed E-state index contributed by atoms with van der Waals surface area (Å²) in [5.41, 5.74) is 2.26. The van der Waals surface area contributed by atoms with Gasteiger partial charge in [0.25, 0.3) is 0 Å². The Bertz CT molecular complexity index is 945. The smallest absolute Gasteiger partial charge is 0.337 e. The second-order valence-electron chi connectivity index (χ2n) is 6.59. The number of rotatable bonds is 2. The Balaban J connectivity index is 1.99. The molecule has 0 radical (unpaired) electrons. The molecule has 0 saturated carbocycles. The molecule has 0 unspecified atom stereocenters. The Morgan fingerprint density at radius 3 is 2.50 bits per heavy atom. The van der Waals surface area contributed by atoms with Crippen LogP contribution in [0.15, 0.2) is 78.4 Å². The minimum absolute atomic E-state index is 0.0432. The van der Waals surface area contributed by atoms with Gasteiger partial charge in [-0.25, -0.2) is 4.79 Å². The fourth-order valence-electron chi connectivity index (χ4n) is 4.07. The van der Waals surface area contributed by atoms with Crippen molar-refractivity contribution >= 4 is 17.6 Å². The molecule has 1 aliphatic carbocycles. The molecule has 1 aliphatic heterocycles. The van der Waals surface area contributed by atoms with Crippen LogP contribution in [0.25, 0.3) is 0 Å². The van der Waals surface area contributed by atoms with E-state index in [-0.39, 0.29) is 11.8 Å². The minimum Gasteiger partial charge on any atom is -0.465 e. The molecule has 0 saturated heterocycles. The van der Waals surface area contributed by atoms with Gasteiger partial charge in [-0.1, -0.05) is 60.7 Å². The second kappa shape index (κ2) is 5.99. The molecular formula is C22H19NO3. The van der Waals surface area contributed by atoms with Gasteiger partial charge in [0.1, 0.15) is 5.41 Å². The fourth-order valence-corrected chi connectivity index (χ4v) is 4.07. The van der Waals surface area contributed by atoms with Crippen molar-refractivity contribution in [3.63, 3.8) is 0 Å². The number of para-hydroxylation sites is 1. The molecule has 130 valence electrons. The first-order valence-electron chi connectivity index (χ1n) is 8.51. The maximum Gasteiger partial charge on any atom is 0.337 e. The van der Waals surface area contributed by atoms with Gasteiger partial charge in [0.05, 0.1) is 12.7 Å². The molecule has 0 aromatic heterocycles. The summed E-state index contributed by atoms with van der Waals surface area (Å²) >= 11 is 0. The van der Waals surface area contributed by atoms with Crippen LogP contribution in [0.3, 0.4) is 0 Å². The van der Waals surface area contributed by atoms with Crippen molar-refractivity contribution in [3.05, 3.63) is 89.5 Å². The zero-order chi connectivity index (χ0) is 18.3. The number of likely N-dealkylation sites (N-methyl/N-ethyl adjacent to an activating group) is 1. The molecule has 26 heavy (non-hydrogen) atoms. The van der Waals surface area contributed by atoms with Crippen LogP contribution >= 0.6 is 0 Å². The third-order valence-electron chi connectivity index (χ3n) is 5.29. The molecular weight excluding hydrogens is 326 g/mol. The van der Waals surface area contributed by atoms with Crippen molar-refractivity contribution in [1.82, 2.24) is 0 Å². The van der Waals surface area contributed by atoms with E-state index >= 15 is 0 Å². The molecule has 1 amide bonds. The first kappa shape index (κ1) is 16.3. The van der Waals surface area contributed by atoms with E-state index in [9.17, 15) is 9.59 Å². The van der Waals surface area contributed by atoms with Crippen LogP contribution in [0.1, 0.15) is 17.0 Å². The van der Waals surface area contributed by atoms with Crippen LogP contribution in [0.5, 0.6) is 0 Å². The van der Waals surface area contributed by atoms with Crippen LogP contribution in [0.2, 0.25) is 0 Å². The lowest BCUT2D eigenvalue weighted by Crippen LogP contribution is -2.43. The van der Waals surface area contributed by atoms with E-state index in [1.807, 2.05) is 60.7 Å². The lowest BCUT2D eigenvalue weighted by Gasteiger charge is -2.35. The number of benzene rings is 2. The van der Waals surface area contributed by atoms with Gasteiger partial charge in [0.15, 0.2) is 0 Å². The molecule has 2 atom stereocenters. The number of hydrogen-bond acceptors (Lipinski definition) is 3. The SMILES string of the molecule is COC(=O)C1=C[C@@]2(C(=O)N(C)c3ccccc32)[C@H](c2ccccc2)C=C1. The van der Waals surface area contributed by atoms with E-state index in [0.717, 1.165) is 16.8 Å². The summed E-state index contributed by atoms with van der Waals surface area (Å²) in [5, 5.41) is 0. The Morgan fingerprint density at radius 2 is 1.77 bits per heavy atom. The maximum absolute atomic E-state index is 13.5. The van der Waals surface area contributed by atoms with E-state index in [1.54, 1.807) is 24.1 Å². The first-order valence-corrected chi connectivity index (χ1v) is 8.51. The van der Waals surface area contributed by atoms with Gasteiger partial charge in [0.2, 0.25) is 5.91 Å². The van der Waals surface area contributed by atoms with Crippen molar-refractivity contribution in [1.29, 1.82) is 0 Å². The number of amides is 1. The Hall–Kier alpha value is -3.14. The quantitative estimate of drug-likeness (QED) is 0.784. The average molecular weight is 345 g/mol. The molecule has 4 rings (SSSR count). The number of carbonyl (C=O) groups is 2. The number of allylic oxidation sites excluding steroid dienone is 1. The predicted molar refractivity (Wildman–Crippen MR) is 100.0 cm³/mol. The molecule has 2 aromatic carbocycles. The molecule has 2 aliphatic rings. The fraction of sp³-hybridized carbons (Fsp3) is 0.182. The van der Waals surface area contributed by atoms with Crippen LogP contribution < -0.4 is 4.90 Å². The van der Waals surface area contributed by atoms with E-state index in [4.69, 9.17) is 4.74 Å². The highest BCUT2D eigenvalue weighted by atomic mass is 16.5. The number of anilines is 1. The summed E-state index contributed by atoms with van der Waals surface area (Å²) in [6.07, 6.45) is 5.47. The van der Waals surface area contributed by atoms with Gasteiger partial charge in [-0.3, -0.25) is 4.79 Å². The molecule has 4 heteroatoms. The van der Waals surface area contributed by atoms with E-state index in [2.05, 4.69) is 0 Å². The van der Waals surface area contributed by atoms with Crippen molar-refractivity contribution in [2.45, 2.75) is 11.3 Å². The summed E-state index contributed by atoms with van der Waals surface area (Å²) in [6, 6.07) is 17.7. The van der Waals surface area contributed by atoms with Gasteiger partial charge in [0, 0.05) is 18.7 Å². The molecule has 1 spiro atoms. The Morgan fingerprint density at radius 1 is 1.08 bits per heavy atom. The van der Waals surface area contributed by atoms with Crippen molar-refractivity contribution in [3.8, 4) is 0 Å². The highest BCUT2D eigenvalue weighted by Crippen LogP contribution is 2.53. The first-order chi connectivity index (χ1) is 12.6. The summed E-state index contributed by atoms with van der Waals surface area (Å²) in [6.45, 7) is 0. The number of carbonyl (C=O) groups excluding carboxylic acids is 2. The minimum atomic E-state index is -0.953. The highest BCUT2D eigenvalue weighted by Gasteiger charge is 2.54. The van der Waals surface area contributed by atoms with Crippen LogP contribution in [-0.4, -0.2) is 26.0 Å². The van der Waals surface area contributed by atoms with Gasteiger partial charge in [-0.2, -0.15) is 0 Å². The van der Waals surface area contributed by atoms with Gasteiger partial charge < -0.3 is 9.64 Å². The summed E-state index contributed by atoms with van der Waals surface area (Å²) in [4.78, 5) is 27.3. The highest BCUT2D eigenvalue weighted by molar-refractivity contribution is 6.11. The molecule has 0 fully saturated rings. The summed E-state index contributed by atoms with van der Waals surface area (Å²) < 4.78 is 4.90. The topological polar surface area (TPSA) is 46.6 Å². The van der Waals surface area contributed by atoms with E-state index in [1.165, 1.54) is 7.11 Å². The number of hydrogen-bond donors (Lipinski definition) is 0. The number of ether oxygens (including phenoxy) is 1. The molecule has 0 bridgehead atoms. The number of esters is 1. The van der Waals surface area contributed by atoms with Crippen molar-refractivity contribution in [2.75, 3.05) is 19.1 Å². The molecule has 0 N–H and O–H groups in total. The van der Waals surface area contributed by atoms with Crippen LogP contribution in [0, 0.1) is 0 Å². The third kappa shape index (κ3) is 2.15. The largest absolute Gasteiger partial charge is 0.465 e. The maximum atomic E-state index is 13.5. The molecule has 4 nitrogen and oxygen atoms in total. The van der Waals surface area contributed by atoms with Crippen molar-refractivity contribution < 1.29 is 14.3 Å². The number of fused-ring (bicyclic) bond motifs is 2. The Kier molecular flexibility index (Phi) is 3.76. The normalized spacial score (nSPS) is 23.8. The zero-order valence-electron chi connectivity index (χ0n) is 14.7. The van der Waals surface area contributed by atoms with Crippen molar-refractivity contribution in [2.24, 2.45) is 0 Å². The molecule has 1 heterocycles. The van der Waals surface area contributed by atoms with Crippen LogP contribution in [0.4, 0.5) is 5.69 Å². The molecule has 2 aromatic rings. The summed E-state index contributed by atoms with van der Waals surface area (Å²) in [5.74, 6) is -0.680. The standard InChI is InChI=1S/C22H19NO3/c1-23-19-11-7-6-10-18(19)22(21(23)25)14-16(20(24)26-2)12-13-17(22)15-8-4-3-5-9-15/h3-14,17H,1-2H3/t17-,22+/m0/s1. The van der Waals surface area contributed by atoms with E-state index < -0.39 is 11.4 Å². The van der Waals surface area contributed by atoms with Crippen LogP contribution in [-0.2, 0) is 19.7 Å². The van der Waals surface area contributed by atoms with Gasteiger partial charge in [-0.05, 0) is 23.3 Å². The number of nitrogens with zero attached hydrogens (tertiary/aromatic N) is 1.